The Balaban J connectivity index is 0.682. The smallest absolute Gasteiger partial charge is 0.319 e. The summed E-state index contributed by atoms with van der Waals surface area (Å²) in [6.45, 7) is 7.17. The van der Waals surface area contributed by atoms with Gasteiger partial charge in [0.15, 0.2) is 5.82 Å². The molecule has 2 saturated carbocycles. The van der Waals surface area contributed by atoms with Gasteiger partial charge in [-0.3, -0.25) is 24.7 Å². The van der Waals surface area contributed by atoms with Crippen molar-refractivity contribution >= 4 is 50.9 Å². The molecule has 5 aromatic rings. The Bertz CT molecular complexity index is 3100. The number of halogens is 2. The lowest BCUT2D eigenvalue weighted by molar-refractivity contribution is -0.136. The molecule has 0 spiro atoms. The number of aromatic nitrogens is 3. The fourth-order valence-electron chi connectivity index (χ4n) is 13.9. The van der Waals surface area contributed by atoms with Crippen LogP contribution in [0.2, 0.25) is 0 Å². The van der Waals surface area contributed by atoms with E-state index in [1.807, 2.05) is 12.1 Å². The van der Waals surface area contributed by atoms with Gasteiger partial charge in [-0.15, -0.1) is 6.42 Å². The topological polar surface area (TPSA) is 156 Å². The SMILES string of the molecule is C#Cc1c(F)ccc2cc(O)cc(-c3ncc4c(N5CC6CC7CCC7CC(C5)N6)nc(OCC5(CN6CCC(C7CCN(c8ccc9c(c8)CN(C8CCC(=O)NC8=O)C9=O)CC7)CC6)CC5)nc4c3F)c12. The fraction of sp³-hybridized carbons (Fsp3) is 0.509. The van der Waals surface area contributed by atoms with E-state index in [0.29, 0.717) is 53.6 Å². The third-order valence-corrected chi connectivity index (χ3v) is 18.2. The number of rotatable bonds is 10. The number of anilines is 2. The lowest BCUT2D eigenvalue weighted by atomic mass is 9.69. The van der Waals surface area contributed by atoms with E-state index in [4.69, 9.17) is 21.1 Å². The summed E-state index contributed by atoms with van der Waals surface area (Å²) in [5.74, 6) is 3.55. The molecule has 0 radical (unpaired) electrons. The summed E-state index contributed by atoms with van der Waals surface area (Å²) < 4.78 is 39.1. The van der Waals surface area contributed by atoms with Gasteiger partial charge in [-0.05, 0) is 155 Å². The van der Waals surface area contributed by atoms with Gasteiger partial charge >= 0.3 is 6.01 Å². The molecular weight excluding hydrogens is 929 g/mol. The summed E-state index contributed by atoms with van der Waals surface area (Å²) in [5.41, 5.74) is 2.76. The number of imide groups is 1. The summed E-state index contributed by atoms with van der Waals surface area (Å²) in [4.78, 5) is 61.0. The molecule has 16 heteroatoms. The first-order chi connectivity index (χ1) is 35.5. The molecule has 2 bridgehead atoms. The number of nitrogens with one attached hydrogen (secondary N) is 2. The molecule has 13 rings (SSSR count). The number of phenolic OH excluding ortho intramolecular Hbond substituents is 1. The van der Waals surface area contributed by atoms with Crippen LogP contribution in [0.5, 0.6) is 11.8 Å². The van der Waals surface area contributed by atoms with Crippen LogP contribution in [0.15, 0.2) is 48.7 Å². The van der Waals surface area contributed by atoms with Crippen molar-refractivity contribution in [3.05, 3.63) is 77.0 Å². The van der Waals surface area contributed by atoms with Crippen molar-refractivity contribution in [2.24, 2.45) is 29.1 Å². The molecule has 5 unspecified atom stereocenters. The van der Waals surface area contributed by atoms with Crippen molar-refractivity contribution in [1.82, 2.24) is 35.4 Å². The molecule has 2 aliphatic carbocycles. The van der Waals surface area contributed by atoms with Crippen molar-refractivity contribution in [3.63, 3.8) is 0 Å². The molecule has 3 N–H and O–H groups in total. The number of nitrogens with zero attached hydrogens (tertiary/aromatic N) is 7. The molecule has 8 heterocycles. The summed E-state index contributed by atoms with van der Waals surface area (Å²) >= 11 is 0. The number of aromatic hydroxyl groups is 1. The molecule has 5 saturated heterocycles. The van der Waals surface area contributed by atoms with Crippen LogP contribution < -0.4 is 25.2 Å². The predicted molar refractivity (Wildman–Crippen MR) is 272 cm³/mol. The van der Waals surface area contributed by atoms with Gasteiger partial charge in [0.25, 0.3) is 5.91 Å². The Morgan fingerprint density at radius 2 is 1.58 bits per heavy atom. The molecule has 73 heavy (non-hydrogen) atoms. The molecule has 6 aliphatic heterocycles. The van der Waals surface area contributed by atoms with Crippen molar-refractivity contribution in [2.75, 3.05) is 62.2 Å². The summed E-state index contributed by atoms with van der Waals surface area (Å²) in [6.07, 6.45) is 19.4. The van der Waals surface area contributed by atoms with Crippen LogP contribution in [-0.2, 0) is 16.1 Å². The van der Waals surface area contributed by atoms with E-state index in [1.54, 1.807) is 11.1 Å². The highest BCUT2D eigenvalue weighted by Gasteiger charge is 2.47. The fourth-order valence-corrected chi connectivity index (χ4v) is 13.9. The number of likely N-dealkylation sites (tertiary alicyclic amines) is 1. The van der Waals surface area contributed by atoms with Crippen LogP contribution in [0.4, 0.5) is 20.3 Å². The second-order valence-electron chi connectivity index (χ2n) is 22.7. The van der Waals surface area contributed by atoms with E-state index in [0.717, 1.165) is 120 Å². The number of carbonyl (C=O) groups excluding carboxylic acids is 3. The highest BCUT2D eigenvalue weighted by Crippen LogP contribution is 2.49. The van der Waals surface area contributed by atoms with Crippen LogP contribution in [-0.4, -0.2) is 118 Å². The molecule has 8 aliphatic rings. The third kappa shape index (κ3) is 8.50. The van der Waals surface area contributed by atoms with E-state index in [-0.39, 0.29) is 75.2 Å². The number of phenols is 1. The minimum absolute atomic E-state index is 0.0321. The molecular formula is C57H61F2N9O5. The average Bonchev–Trinajstić information content (AvgIpc) is 4.10. The first kappa shape index (κ1) is 46.4. The summed E-state index contributed by atoms with van der Waals surface area (Å²) in [6, 6.07) is 11.8. The third-order valence-electron chi connectivity index (χ3n) is 18.2. The van der Waals surface area contributed by atoms with Gasteiger partial charge in [-0.1, -0.05) is 12.0 Å². The zero-order chi connectivity index (χ0) is 49.7. The van der Waals surface area contributed by atoms with E-state index in [2.05, 4.69) is 42.3 Å². The number of fused-ring (bicyclic) bond motifs is 6. The number of amides is 3. The van der Waals surface area contributed by atoms with Gasteiger partial charge in [0.2, 0.25) is 11.8 Å². The van der Waals surface area contributed by atoms with Gasteiger partial charge in [0, 0.05) is 91.6 Å². The van der Waals surface area contributed by atoms with Crippen LogP contribution >= 0.6 is 0 Å². The number of terminal acetylenes is 1. The maximum absolute atomic E-state index is 17.4. The lowest BCUT2D eigenvalue weighted by Crippen LogP contribution is -2.56. The maximum atomic E-state index is 17.4. The van der Waals surface area contributed by atoms with Crippen LogP contribution in [0.3, 0.4) is 0 Å². The standard InChI is InChI=1S/C57H61F2N9O5/c1-2-42-46(58)8-5-36-24-41(69)25-44(49(36)42)51-50(59)52-45(26-60-51)53(67-28-38-21-34-3-4-35(34)22-39(29-67)61-38)64-56(63-52)73-31-57(15-16-57)30-65-17-11-32(12-18-65)33-13-19-66(20-14-33)40-6-7-43-37(23-40)27-68(55(43)72)47-9-10-48(70)62-54(47)71/h1,5-8,23-26,32-35,38-39,47,61,69H,3-4,9-22,27-31H2,(H,62,70,71). The highest BCUT2D eigenvalue weighted by atomic mass is 19.1. The quantitative estimate of drug-likeness (QED) is 0.0949. The molecule has 7 fully saturated rings. The second kappa shape index (κ2) is 18.2. The van der Waals surface area contributed by atoms with Crippen LogP contribution in [0, 0.1) is 53.1 Å². The van der Waals surface area contributed by atoms with E-state index in [9.17, 15) is 19.5 Å². The molecule has 14 nitrogen and oxygen atoms in total. The summed E-state index contributed by atoms with van der Waals surface area (Å²) in [5, 5.41) is 18.3. The first-order valence-electron chi connectivity index (χ1n) is 26.6. The first-order valence-corrected chi connectivity index (χ1v) is 26.6. The van der Waals surface area contributed by atoms with Crippen molar-refractivity contribution in [2.45, 2.75) is 102 Å². The zero-order valence-electron chi connectivity index (χ0n) is 41.1. The number of hydrogen-bond acceptors (Lipinski definition) is 12. The van der Waals surface area contributed by atoms with Gasteiger partial charge in [-0.2, -0.15) is 9.97 Å². The lowest BCUT2D eigenvalue weighted by Gasteiger charge is -2.41. The number of ether oxygens (including phenoxy) is 1. The van der Waals surface area contributed by atoms with E-state index >= 15 is 8.78 Å². The molecule has 3 aromatic carbocycles. The average molecular weight is 990 g/mol. The largest absolute Gasteiger partial charge is 0.508 e. The van der Waals surface area contributed by atoms with Gasteiger partial charge in [-0.25, -0.2) is 8.78 Å². The predicted octanol–water partition coefficient (Wildman–Crippen LogP) is 7.33. The number of benzene rings is 3. The normalized spacial score (nSPS) is 26.3. The van der Waals surface area contributed by atoms with Gasteiger partial charge in [0.1, 0.15) is 34.6 Å². The minimum Gasteiger partial charge on any atom is -0.508 e. The number of pyridine rings is 1. The van der Waals surface area contributed by atoms with Crippen LogP contribution in [0.25, 0.3) is 32.9 Å². The number of hydrogen-bond donors (Lipinski definition) is 3. The second-order valence-corrected chi connectivity index (χ2v) is 22.7. The Hall–Kier alpha value is -6.44. The van der Waals surface area contributed by atoms with E-state index < -0.39 is 23.6 Å². The van der Waals surface area contributed by atoms with Crippen molar-refractivity contribution in [3.8, 4) is 35.4 Å². The van der Waals surface area contributed by atoms with E-state index in [1.165, 1.54) is 37.1 Å². The molecule has 3 amide bonds. The molecule has 5 atom stereocenters. The number of piperidine rings is 3. The molecule has 2 aromatic heterocycles. The Labute approximate surface area is 423 Å². The minimum atomic E-state index is -0.716. The maximum Gasteiger partial charge on any atom is 0.319 e. The van der Waals surface area contributed by atoms with Gasteiger partial charge < -0.3 is 34.8 Å². The van der Waals surface area contributed by atoms with Crippen molar-refractivity contribution in [1.29, 1.82) is 0 Å². The zero-order valence-corrected chi connectivity index (χ0v) is 41.1. The Kier molecular flexibility index (Phi) is 11.6. The Morgan fingerprint density at radius 3 is 2.27 bits per heavy atom. The number of carbonyl (C=O) groups is 3. The number of piperazine rings is 1. The van der Waals surface area contributed by atoms with Gasteiger partial charge in [0.05, 0.1) is 17.6 Å². The van der Waals surface area contributed by atoms with Crippen molar-refractivity contribution < 1.29 is 33.0 Å². The molecule has 378 valence electrons. The monoisotopic (exact) mass is 989 g/mol. The highest BCUT2D eigenvalue weighted by molar-refractivity contribution is 6.06. The van der Waals surface area contributed by atoms with Crippen LogP contribution in [0.1, 0.15) is 98.5 Å². The summed E-state index contributed by atoms with van der Waals surface area (Å²) in [7, 11) is 0. The Morgan fingerprint density at radius 1 is 0.836 bits per heavy atom.